The van der Waals surface area contributed by atoms with Crippen molar-refractivity contribution in [2.24, 2.45) is 5.92 Å². The standard InChI is InChI=1S/C17H25N3O3/c1-12-14(6-9-23-12)17(22)20-8-3-4-13(11-20)10-19-16(21)15-5-2-7-18-15/h6,9,13,15,18H,2-5,7-8,10-11H2,1H3,(H,19,21)/t13-,15+/m1/s1. The molecule has 3 heterocycles. The molecular weight excluding hydrogens is 294 g/mol. The van der Waals surface area contributed by atoms with E-state index < -0.39 is 0 Å². The van der Waals surface area contributed by atoms with Crippen LogP contribution in [0.5, 0.6) is 0 Å². The summed E-state index contributed by atoms with van der Waals surface area (Å²) in [4.78, 5) is 26.5. The van der Waals surface area contributed by atoms with Gasteiger partial charge >= 0.3 is 0 Å². The minimum Gasteiger partial charge on any atom is -0.469 e. The molecule has 6 nitrogen and oxygen atoms in total. The third kappa shape index (κ3) is 3.75. The molecule has 3 rings (SSSR count). The first-order chi connectivity index (χ1) is 11.1. The van der Waals surface area contributed by atoms with Crippen LogP contribution >= 0.6 is 0 Å². The molecule has 2 atom stereocenters. The Kier molecular flexibility index (Phi) is 5.00. The van der Waals surface area contributed by atoms with Crippen molar-refractivity contribution in [3.8, 4) is 0 Å². The first-order valence-electron chi connectivity index (χ1n) is 8.49. The zero-order chi connectivity index (χ0) is 16.2. The SMILES string of the molecule is Cc1occc1C(=O)N1CCC[C@H](CNC(=O)[C@@H]2CCCN2)C1. The smallest absolute Gasteiger partial charge is 0.257 e. The summed E-state index contributed by atoms with van der Waals surface area (Å²) in [7, 11) is 0. The molecule has 2 aliphatic heterocycles. The van der Waals surface area contributed by atoms with E-state index in [2.05, 4.69) is 10.6 Å². The molecule has 0 unspecified atom stereocenters. The van der Waals surface area contributed by atoms with Crippen LogP contribution in [0.15, 0.2) is 16.7 Å². The van der Waals surface area contributed by atoms with Gasteiger partial charge in [-0.05, 0) is 51.1 Å². The summed E-state index contributed by atoms with van der Waals surface area (Å²) in [5.41, 5.74) is 0.643. The van der Waals surface area contributed by atoms with E-state index in [0.29, 0.717) is 30.3 Å². The van der Waals surface area contributed by atoms with Crippen LogP contribution < -0.4 is 10.6 Å². The summed E-state index contributed by atoms with van der Waals surface area (Å²) < 4.78 is 5.23. The van der Waals surface area contributed by atoms with Crippen LogP contribution in [0.3, 0.4) is 0 Å². The van der Waals surface area contributed by atoms with E-state index in [1.807, 2.05) is 11.8 Å². The number of nitrogens with one attached hydrogen (secondary N) is 2. The number of carbonyl (C=O) groups is 2. The summed E-state index contributed by atoms with van der Waals surface area (Å²) in [5, 5.41) is 6.25. The minimum atomic E-state index is -0.0371. The van der Waals surface area contributed by atoms with Crippen molar-refractivity contribution in [3.63, 3.8) is 0 Å². The van der Waals surface area contributed by atoms with Gasteiger partial charge in [-0.1, -0.05) is 0 Å². The van der Waals surface area contributed by atoms with Crippen molar-refractivity contribution in [1.82, 2.24) is 15.5 Å². The van der Waals surface area contributed by atoms with Gasteiger partial charge in [0.1, 0.15) is 5.76 Å². The molecule has 0 saturated carbocycles. The molecule has 0 spiro atoms. The number of furan rings is 1. The molecular formula is C17H25N3O3. The number of hydrogen-bond donors (Lipinski definition) is 2. The summed E-state index contributed by atoms with van der Waals surface area (Å²) in [6.45, 7) is 4.85. The van der Waals surface area contributed by atoms with Crippen molar-refractivity contribution in [3.05, 3.63) is 23.7 Å². The van der Waals surface area contributed by atoms with Gasteiger partial charge in [-0.25, -0.2) is 0 Å². The van der Waals surface area contributed by atoms with Crippen LogP contribution in [0.1, 0.15) is 41.8 Å². The number of carbonyl (C=O) groups excluding carboxylic acids is 2. The van der Waals surface area contributed by atoms with Crippen LogP contribution in [0.25, 0.3) is 0 Å². The second-order valence-corrected chi connectivity index (χ2v) is 6.54. The highest BCUT2D eigenvalue weighted by Gasteiger charge is 2.27. The Hall–Kier alpha value is -1.82. The normalized spacial score (nSPS) is 24.7. The fourth-order valence-corrected chi connectivity index (χ4v) is 3.47. The molecule has 2 N–H and O–H groups in total. The molecule has 1 aromatic rings. The van der Waals surface area contributed by atoms with Gasteiger partial charge < -0.3 is 20.0 Å². The first kappa shape index (κ1) is 16.1. The lowest BCUT2D eigenvalue weighted by Gasteiger charge is -2.33. The van der Waals surface area contributed by atoms with Crippen LogP contribution in [-0.2, 0) is 4.79 Å². The zero-order valence-electron chi connectivity index (χ0n) is 13.6. The predicted molar refractivity (Wildman–Crippen MR) is 86.1 cm³/mol. The van der Waals surface area contributed by atoms with Crippen molar-refractivity contribution in [1.29, 1.82) is 0 Å². The van der Waals surface area contributed by atoms with Gasteiger partial charge in [0.05, 0.1) is 17.9 Å². The van der Waals surface area contributed by atoms with Crippen molar-refractivity contribution >= 4 is 11.8 Å². The van der Waals surface area contributed by atoms with Crippen LogP contribution in [-0.4, -0.2) is 48.9 Å². The number of nitrogens with zero attached hydrogens (tertiary/aromatic N) is 1. The Morgan fingerprint density at radius 3 is 2.96 bits per heavy atom. The number of likely N-dealkylation sites (tertiary alicyclic amines) is 1. The van der Waals surface area contributed by atoms with Gasteiger partial charge in [0.2, 0.25) is 5.91 Å². The molecule has 0 radical (unpaired) electrons. The number of aryl methyl sites for hydroxylation is 1. The number of piperidine rings is 1. The zero-order valence-corrected chi connectivity index (χ0v) is 13.6. The lowest BCUT2D eigenvalue weighted by molar-refractivity contribution is -0.123. The summed E-state index contributed by atoms with van der Waals surface area (Å²) in [6.07, 6.45) is 5.56. The molecule has 6 heteroatoms. The lowest BCUT2D eigenvalue weighted by Crippen LogP contribution is -2.46. The monoisotopic (exact) mass is 319 g/mol. The highest BCUT2D eigenvalue weighted by atomic mass is 16.3. The first-order valence-corrected chi connectivity index (χ1v) is 8.49. The van der Waals surface area contributed by atoms with Gasteiger partial charge in [0.15, 0.2) is 0 Å². The van der Waals surface area contributed by atoms with Crippen molar-refractivity contribution in [2.75, 3.05) is 26.2 Å². The molecule has 0 aliphatic carbocycles. The maximum Gasteiger partial charge on any atom is 0.257 e. The maximum absolute atomic E-state index is 12.5. The summed E-state index contributed by atoms with van der Waals surface area (Å²) >= 11 is 0. The Labute approximate surface area is 136 Å². The topological polar surface area (TPSA) is 74.6 Å². The average Bonchev–Trinajstić information content (AvgIpc) is 3.23. The van der Waals surface area contributed by atoms with E-state index in [1.165, 1.54) is 0 Å². The third-order valence-electron chi connectivity index (χ3n) is 4.84. The number of rotatable bonds is 4. The number of amides is 2. The Morgan fingerprint density at radius 1 is 1.39 bits per heavy atom. The highest BCUT2D eigenvalue weighted by Crippen LogP contribution is 2.20. The van der Waals surface area contributed by atoms with Gasteiger partial charge in [-0.3, -0.25) is 9.59 Å². The summed E-state index contributed by atoms with van der Waals surface area (Å²) in [6, 6.07) is 1.69. The van der Waals surface area contributed by atoms with Crippen LogP contribution in [0.2, 0.25) is 0 Å². The fourth-order valence-electron chi connectivity index (χ4n) is 3.47. The Balaban J connectivity index is 1.51. The second kappa shape index (κ2) is 7.17. The van der Waals surface area contributed by atoms with Crippen molar-refractivity contribution in [2.45, 2.75) is 38.6 Å². The van der Waals surface area contributed by atoms with E-state index in [9.17, 15) is 9.59 Å². The molecule has 2 fully saturated rings. The van der Waals surface area contributed by atoms with Gasteiger partial charge in [0, 0.05) is 19.6 Å². The third-order valence-corrected chi connectivity index (χ3v) is 4.84. The van der Waals surface area contributed by atoms with Crippen LogP contribution in [0, 0.1) is 12.8 Å². The second-order valence-electron chi connectivity index (χ2n) is 6.54. The molecule has 0 aromatic carbocycles. The Bertz CT molecular complexity index is 563. The molecule has 2 amide bonds. The van der Waals surface area contributed by atoms with Crippen LogP contribution in [0.4, 0.5) is 0 Å². The minimum absolute atomic E-state index is 0.0322. The quantitative estimate of drug-likeness (QED) is 0.877. The van der Waals surface area contributed by atoms with Gasteiger partial charge in [-0.15, -0.1) is 0 Å². The number of hydrogen-bond acceptors (Lipinski definition) is 4. The van der Waals surface area contributed by atoms with E-state index in [0.717, 1.165) is 38.8 Å². The largest absolute Gasteiger partial charge is 0.469 e. The van der Waals surface area contributed by atoms with E-state index >= 15 is 0 Å². The van der Waals surface area contributed by atoms with E-state index in [1.54, 1.807) is 12.3 Å². The highest BCUT2D eigenvalue weighted by molar-refractivity contribution is 5.95. The van der Waals surface area contributed by atoms with E-state index in [-0.39, 0.29) is 17.9 Å². The average molecular weight is 319 g/mol. The van der Waals surface area contributed by atoms with Crippen molar-refractivity contribution < 1.29 is 14.0 Å². The molecule has 2 aliphatic rings. The molecule has 2 saturated heterocycles. The molecule has 0 bridgehead atoms. The lowest BCUT2D eigenvalue weighted by atomic mass is 9.97. The molecule has 126 valence electrons. The molecule has 1 aromatic heterocycles. The molecule has 23 heavy (non-hydrogen) atoms. The van der Waals surface area contributed by atoms with Gasteiger partial charge in [0.25, 0.3) is 5.91 Å². The maximum atomic E-state index is 12.5. The fraction of sp³-hybridized carbons (Fsp3) is 0.647. The summed E-state index contributed by atoms with van der Waals surface area (Å²) in [5.74, 6) is 1.12. The van der Waals surface area contributed by atoms with E-state index in [4.69, 9.17) is 4.42 Å². The Morgan fingerprint density at radius 2 is 2.26 bits per heavy atom. The van der Waals surface area contributed by atoms with Gasteiger partial charge in [-0.2, -0.15) is 0 Å². The predicted octanol–water partition coefficient (Wildman–Crippen LogP) is 1.31.